The van der Waals surface area contributed by atoms with Crippen molar-refractivity contribution in [3.63, 3.8) is 0 Å². The zero-order valence-electron chi connectivity index (χ0n) is 10.9. The molecule has 1 rings (SSSR count). The summed E-state index contributed by atoms with van der Waals surface area (Å²) >= 11 is 3.30. The Kier molecular flexibility index (Phi) is 5.46. The van der Waals surface area contributed by atoms with E-state index in [0.717, 1.165) is 4.47 Å². The largest absolute Gasteiger partial charge is 0.394 e. The number of halogens is 2. The Morgan fingerprint density at radius 2 is 2.21 bits per heavy atom. The van der Waals surface area contributed by atoms with E-state index in [1.54, 1.807) is 12.1 Å². The van der Waals surface area contributed by atoms with Gasteiger partial charge in [0.25, 0.3) is 0 Å². The van der Waals surface area contributed by atoms with Crippen LogP contribution in [0.2, 0.25) is 0 Å². The smallest absolute Gasteiger partial charge is 0.239 e. The predicted octanol–water partition coefficient (Wildman–Crippen LogP) is 1.30. The first-order valence-corrected chi connectivity index (χ1v) is 6.67. The minimum Gasteiger partial charge on any atom is -0.394 e. The van der Waals surface area contributed by atoms with Crippen LogP contribution in [0.5, 0.6) is 0 Å². The van der Waals surface area contributed by atoms with Crippen molar-refractivity contribution in [2.24, 2.45) is 5.73 Å². The van der Waals surface area contributed by atoms with E-state index in [9.17, 15) is 9.18 Å². The Labute approximate surface area is 120 Å². The molecule has 106 valence electrons. The van der Waals surface area contributed by atoms with Gasteiger partial charge in [-0.3, -0.25) is 4.79 Å². The number of aliphatic hydroxyl groups is 1. The van der Waals surface area contributed by atoms with Crippen LogP contribution in [0.25, 0.3) is 0 Å². The number of aliphatic hydroxyl groups excluding tert-OH is 1. The van der Waals surface area contributed by atoms with Gasteiger partial charge >= 0.3 is 0 Å². The summed E-state index contributed by atoms with van der Waals surface area (Å²) < 4.78 is 14.6. The second kappa shape index (κ2) is 6.45. The van der Waals surface area contributed by atoms with Gasteiger partial charge in [0, 0.05) is 16.4 Å². The normalized spacial score (nSPS) is 13.2. The summed E-state index contributed by atoms with van der Waals surface area (Å²) in [5.74, 6) is -0.778. The summed E-state index contributed by atoms with van der Waals surface area (Å²) in [6, 6.07) is 3.73. The van der Waals surface area contributed by atoms with Gasteiger partial charge in [0.1, 0.15) is 11.9 Å². The zero-order chi connectivity index (χ0) is 14.6. The average molecular weight is 333 g/mol. The van der Waals surface area contributed by atoms with Gasteiger partial charge < -0.3 is 16.2 Å². The SMILES string of the molecule is CC(C)(CNC(=O)C(N)CO)c1cc(Br)ccc1F. The van der Waals surface area contributed by atoms with Gasteiger partial charge in [-0.1, -0.05) is 29.8 Å². The van der Waals surface area contributed by atoms with Crippen LogP contribution in [0.3, 0.4) is 0 Å². The van der Waals surface area contributed by atoms with Crippen molar-refractivity contribution in [3.8, 4) is 0 Å². The molecule has 0 aromatic heterocycles. The summed E-state index contributed by atoms with van der Waals surface area (Å²) in [6.07, 6.45) is 0. The van der Waals surface area contributed by atoms with Crippen LogP contribution in [0.15, 0.2) is 22.7 Å². The van der Waals surface area contributed by atoms with Gasteiger partial charge in [-0.15, -0.1) is 0 Å². The fraction of sp³-hybridized carbons (Fsp3) is 0.462. The van der Waals surface area contributed by atoms with Crippen molar-refractivity contribution in [3.05, 3.63) is 34.1 Å². The molecule has 1 atom stereocenters. The summed E-state index contributed by atoms with van der Waals surface area (Å²) in [7, 11) is 0. The van der Waals surface area contributed by atoms with E-state index < -0.39 is 24.0 Å². The molecule has 0 fully saturated rings. The van der Waals surface area contributed by atoms with Gasteiger partial charge in [-0.05, 0) is 23.8 Å². The van der Waals surface area contributed by atoms with Crippen molar-refractivity contribution < 1.29 is 14.3 Å². The number of hydrogen-bond acceptors (Lipinski definition) is 3. The van der Waals surface area contributed by atoms with Gasteiger partial charge in [-0.25, -0.2) is 4.39 Å². The van der Waals surface area contributed by atoms with Crippen LogP contribution >= 0.6 is 15.9 Å². The van der Waals surface area contributed by atoms with Gasteiger partial charge in [0.05, 0.1) is 6.61 Å². The second-order valence-corrected chi connectivity index (χ2v) is 5.93. The van der Waals surface area contributed by atoms with Crippen molar-refractivity contribution in [2.45, 2.75) is 25.3 Å². The van der Waals surface area contributed by atoms with Crippen molar-refractivity contribution in [1.29, 1.82) is 0 Å². The Hall–Kier alpha value is -0.980. The van der Waals surface area contributed by atoms with Crippen molar-refractivity contribution in [2.75, 3.05) is 13.2 Å². The Morgan fingerprint density at radius 1 is 1.58 bits per heavy atom. The maximum Gasteiger partial charge on any atom is 0.239 e. The molecule has 0 bridgehead atoms. The van der Waals surface area contributed by atoms with Crippen LogP contribution in [0, 0.1) is 5.82 Å². The third-order valence-corrected chi connectivity index (χ3v) is 3.39. The van der Waals surface area contributed by atoms with E-state index in [2.05, 4.69) is 21.2 Å². The fourth-order valence-corrected chi connectivity index (χ4v) is 1.99. The number of nitrogens with one attached hydrogen (secondary N) is 1. The first-order chi connectivity index (χ1) is 8.77. The monoisotopic (exact) mass is 332 g/mol. The van der Waals surface area contributed by atoms with Gasteiger partial charge in [-0.2, -0.15) is 0 Å². The van der Waals surface area contributed by atoms with Crippen LogP contribution in [-0.2, 0) is 10.2 Å². The van der Waals surface area contributed by atoms with E-state index in [1.165, 1.54) is 6.07 Å². The molecule has 1 unspecified atom stereocenters. The number of carbonyl (C=O) groups excluding carboxylic acids is 1. The molecule has 19 heavy (non-hydrogen) atoms. The van der Waals surface area contributed by atoms with Crippen LogP contribution < -0.4 is 11.1 Å². The summed E-state index contributed by atoms with van der Waals surface area (Å²) in [5.41, 5.74) is 5.31. The molecule has 0 heterocycles. The second-order valence-electron chi connectivity index (χ2n) is 5.01. The highest BCUT2D eigenvalue weighted by molar-refractivity contribution is 9.10. The Balaban J connectivity index is 2.81. The third kappa shape index (κ3) is 4.26. The lowest BCUT2D eigenvalue weighted by atomic mass is 9.84. The number of hydrogen-bond donors (Lipinski definition) is 3. The highest BCUT2D eigenvalue weighted by Gasteiger charge is 2.26. The standard InChI is InChI=1S/C13H18BrFN2O2/c1-13(2,7-17-12(19)11(16)6-18)9-5-8(14)3-4-10(9)15/h3-5,11,18H,6-7,16H2,1-2H3,(H,17,19). The number of benzene rings is 1. The molecule has 0 radical (unpaired) electrons. The summed E-state index contributed by atoms with van der Waals surface area (Å²) in [4.78, 5) is 11.5. The first kappa shape index (κ1) is 16.1. The van der Waals surface area contributed by atoms with E-state index in [4.69, 9.17) is 10.8 Å². The molecule has 0 aliphatic rings. The zero-order valence-corrected chi connectivity index (χ0v) is 12.5. The fourth-order valence-electron chi connectivity index (χ4n) is 1.63. The maximum absolute atomic E-state index is 13.8. The van der Waals surface area contributed by atoms with Gasteiger partial charge in [0.2, 0.25) is 5.91 Å². The molecule has 0 saturated heterocycles. The predicted molar refractivity (Wildman–Crippen MR) is 75.2 cm³/mol. The third-order valence-electron chi connectivity index (χ3n) is 2.90. The number of carbonyl (C=O) groups is 1. The van der Waals surface area contributed by atoms with Crippen molar-refractivity contribution >= 4 is 21.8 Å². The molecule has 6 heteroatoms. The maximum atomic E-state index is 13.8. The van der Waals surface area contributed by atoms with Crippen LogP contribution in [0.1, 0.15) is 19.4 Å². The Bertz CT molecular complexity index is 466. The first-order valence-electron chi connectivity index (χ1n) is 5.87. The van der Waals surface area contributed by atoms with Crippen LogP contribution in [-0.4, -0.2) is 30.2 Å². The lowest BCUT2D eigenvalue weighted by Crippen LogP contribution is -2.47. The lowest BCUT2D eigenvalue weighted by molar-refractivity contribution is -0.123. The number of nitrogens with two attached hydrogens (primary N) is 1. The quantitative estimate of drug-likeness (QED) is 0.760. The Morgan fingerprint density at radius 3 is 2.79 bits per heavy atom. The minimum absolute atomic E-state index is 0.229. The molecule has 0 aliphatic heterocycles. The highest BCUT2D eigenvalue weighted by atomic mass is 79.9. The van der Waals surface area contributed by atoms with Gasteiger partial charge in [0.15, 0.2) is 0 Å². The number of amides is 1. The molecular formula is C13H18BrFN2O2. The lowest BCUT2D eigenvalue weighted by Gasteiger charge is -2.27. The van der Waals surface area contributed by atoms with Crippen LogP contribution in [0.4, 0.5) is 4.39 Å². The van der Waals surface area contributed by atoms with E-state index in [-0.39, 0.29) is 12.4 Å². The van der Waals surface area contributed by atoms with E-state index >= 15 is 0 Å². The molecular weight excluding hydrogens is 315 g/mol. The molecule has 0 spiro atoms. The molecule has 1 aromatic rings. The minimum atomic E-state index is -0.955. The molecule has 1 amide bonds. The molecule has 4 nitrogen and oxygen atoms in total. The molecule has 0 aliphatic carbocycles. The topological polar surface area (TPSA) is 75.4 Å². The average Bonchev–Trinajstić information content (AvgIpc) is 2.37. The van der Waals surface area contributed by atoms with E-state index in [1.807, 2.05) is 13.8 Å². The van der Waals surface area contributed by atoms with Crippen molar-refractivity contribution in [1.82, 2.24) is 5.32 Å². The molecule has 0 saturated carbocycles. The summed E-state index contributed by atoms with van der Waals surface area (Å²) in [6.45, 7) is 3.45. The summed E-state index contributed by atoms with van der Waals surface area (Å²) in [5, 5.41) is 11.4. The van der Waals surface area contributed by atoms with E-state index in [0.29, 0.717) is 5.56 Å². The molecule has 4 N–H and O–H groups in total. The molecule has 1 aromatic carbocycles. The number of rotatable bonds is 5. The highest BCUT2D eigenvalue weighted by Crippen LogP contribution is 2.27.